The van der Waals surface area contributed by atoms with Crippen LogP contribution in [0.2, 0.25) is 5.02 Å². The molecular formula is C20H18ClN3O2S. The fourth-order valence-corrected chi connectivity index (χ4v) is 3.87. The van der Waals surface area contributed by atoms with E-state index in [4.69, 9.17) is 11.6 Å². The molecule has 0 bridgehead atoms. The Balaban J connectivity index is 1.81. The van der Waals surface area contributed by atoms with Crippen molar-refractivity contribution in [3.05, 3.63) is 63.4 Å². The topological polar surface area (TPSA) is 64.0 Å². The minimum atomic E-state index is -0.170. The van der Waals surface area contributed by atoms with E-state index >= 15 is 0 Å². The number of carbonyl (C=O) groups is 1. The zero-order valence-corrected chi connectivity index (χ0v) is 16.3. The summed E-state index contributed by atoms with van der Waals surface area (Å²) in [5, 5.41) is 4.55. The minimum Gasteiger partial charge on any atom is -0.353 e. The first-order valence-corrected chi connectivity index (χ1v) is 10.1. The molecule has 1 amide bonds. The molecule has 2 aromatic carbocycles. The molecule has 0 atom stereocenters. The second kappa shape index (κ2) is 7.37. The smallest absolute Gasteiger partial charge is 0.266 e. The Hall–Kier alpha value is -2.31. The predicted octanol–water partition coefficient (Wildman–Crippen LogP) is 3.72. The molecule has 7 heteroatoms. The second-order valence-electron chi connectivity index (χ2n) is 6.57. The lowest BCUT2D eigenvalue weighted by atomic mass is 10.2. The number of aromatic nitrogens is 2. The van der Waals surface area contributed by atoms with Gasteiger partial charge in [-0.15, -0.1) is 0 Å². The first-order chi connectivity index (χ1) is 13.0. The zero-order chi connectivity index (χ0) is 19.0. The van der Waals surface area contributed by atoms with E-state index in [1.165, 1.54) is 11.8 Å². The zero-order valence-electron chi connectivity index (χ0n) is 14.7. The summed E-state index contributed by atoms with van der Waals surface area (Å²) < 4.78 is 1.55. The van der Waals surface area contributed by atoms with Gasteiger partial charge in [-0.05, 0) is 49.6 Å². The molecule has 1 aliphatic carbocycles. The molecule has 4 rings (SSSR count). The van der Waals surface area contributed by atoms with Crippen molar-refractivity contribution in [3.63, 3.8) is 0 Å². The van der Waals surface area contributed by atoms with Gasteiger partial charge in [0.25, 0.3) is 5.56 Å². The molecule has 0 aliphatic heterocycles. The summed E-state index contributed by atoms with van der Waals surface area (Å²) in [5.74, 6) is 0.167. The van der Waals surface area contributed by atoms with Crippen LogP contribution in [0.25, 0.3) is 16.6 Å². The molecule has 0 saturated heterocycles. The third kappa shape index (κ3) is 3.73. The second-order valence-corrected chi connectivity index (χ2v) is 7.92. The van der Waals surface area contributed by atoms with Gasteiger partial charge in [-0.1, -0.05) is 41.6 Å². The number of fused-ring (bicyclic) bond motifs is 1. The lowest BCUT2D eigenvalue weighted by Gasteiger charge is -2.15. The number of benzene rings is 2. The maximum Gasteiger partial charge on any atom is 0.266 e. The molecule has 1 N–H and O–H groups in total. The largest absolute Gasteiger partial charge is 0.353 e. The van der Waals surface area contributed by atoms with E-state index in [9.17, 15) is 9.59 Å². The van der Waals surface area contributed by atoms with E-state index in [1.807, 2.05) is 25.1 Å². The highest BCUT2D eigenvalue weighted by molar-refractivity contribution is 7.99. The fraction of sp³-hybridized carbons (Fsp3) is 0.250. The predicted molar refractivity (Wildman–Crippen MR) is 109 cm³/mol. The van der Waals surface area contributed by atoms with Crippen LogP contribution in [0.15, 0.2) is 52.4 Å². The molecule has 27 heavy (non-hydrogen) atoms. The Kier molecular flexibility index (Phi) is 4.93. The van der Waals surface area contributed by atoms with Crippen molar-refractivity contribution < 1.29 is 4.79 Å². The van der Waals surface area contributed by atoms with Crippen molar-refractivity contribution >= 4 is 40.2 Å². The van der Waals surface area contributed by atoms with Crippen LogP contribution >= 0.6 is 23.4 Å². The average Bonchev–Trinajstić information content (AvgIpc) is 3.47. The third-order valence-corrected chi connectivity index (χ3v) is 5.85. The summed E-state index contributed by atoms with van der Waals surface area (Å²) in [6.45, 7) is 1.87. The normalized spacial score (nSPS) is 13.7. The first kappa shape index (κ1) is 18.1. The summed E-state index contributed by atoms with van der Waals surface area (Å²) in [6, 6.07) is 13.0. The summed E-state index contributed by atoms with van der Waals surface area (Å²) in [5.41, 5.74) is 1.91. The van der Waals surface area contributed by atoms with Gasteiger partial charge in [0.15, 0.2) is 5.16 Å². The summed E-state index contributed by atoms with van der Waals surface area (Å²) >= 11 is 7.53. The number of rotatable bonds is 5. The van der Waals surface area contributed by atoms with Crippen LogP contribution in [0.1, 0.15) is 18.4 Å². The number of nitrogens with one attached hydrogen (secondary N) is 1. The molecule has 1 heterocycles. The molecule has 1 aromatic heterocycles. The van der Waals surface area contributed by atoms with Gasteiger partial charge in [-0.2, -0.15) is 0 Å². The van der Waals surface area contributed by atoms with Crippen LogP contribution in [0.3, 0.4) is 0 Å². The van der Waals surface area contributed by atoms with Gasteiger partial charge >= 0.3 is 0 Å². The number of carbonyl (C=O) groups excluding carboxylic acids is 1. The van der Waals surface area contributed by atoms with Crippen molar-refractivity contribution in [2.24, 2.45) is 0 Å². The first-order valence-electron chi connectivity index (χ1n) is 8.74. The number of hydrogen-bond donors (Lipinski definition) is 1. The van der Waals surface area contributed by atoms with Gasteiger partial charge < -0.3 is 5.32 Å². The van der Waals surface area contributed by atoms with Crippen molar-refractivity contribution in [2.45, 2.75) is 31.0 Å². The third-order valence-electron chi connectivity index (χ3n) is 4.50. The average molecular weight is 400 g/mol. The summed E-state index contributed by atoms with van der Waals surface area (Å²) in [4.78, 5) is 30.0. The molecule has 138 valence electrons. The van der Waals surface area contributed by atoms with Crippen molar-refractivity contribution in [1.29, 1.82) is 0 Å². The standard InChI is InChI=1S/C20H18ClN3O2S/c1-12-15(21)6-4-8-17(12)24-19(26)14-5-2-3-7-16(14)23-20(24)27-11-18(25)22-13-9-10-13/h2-8,13H,9-11H2,1H3,(H,22,25). The molecule has 3 aromatic rings. The van der Waals surface area contributed by atoms with Gasteiger partial charge in [0.1, 0.15) is 0 Å². The summed E-state index contributed by atoms with van der Waals surface area (Å²) in [7, 11) is 0. The Morgan fingerprint density at radius 1 is 1.26 bits per heavy atom. The number of hydrogen-bond acceptors (Lipinski definition) is 4. The lowest BCUT2D eigenvalue weighted by molar-refractivity contribution is -0.118. The maximum absolute atomic E-state index is 13.2. The quantitative estimate of drug-likeness (QED) is 0.524. The number of para-hydroxylation sites is 1. The molecule has 1 aliphatic rings. The van der Waals surface area contributed by atoms with E-state index in [-0.39, 0.29) is 17.2 Å². The van der Waals surface area contributed by atoms with Crippen molar-refractivity contribution in [1.82, 2.24) is 14.9 Å². The Labute approximate surface area is 165 Å². The molecule has 0 unspecified atom stereocenters. The van der Waals surface area contributed by atoms with E-state index in [2.05, 4.69) is 10.3 Å². The van der Waals surface area contributed by atoms with E-state index < -0.39 is 0 Å². The van der Waals surface area contributed by atoms with Crippen LogP contribution in [0, 0.1) is 6.92 Å². The van der Waals surface area contributed by atoms with Crippen LogP contribution in [0.5, 0.6) is 0 Å². The molecule has 0 radical (unpaired) electrons. The maximum atomic E-state index is 13.2. The van der Waals surface area contributed by atoms with Crippen molar-refractivity contribution in [2.75, 3.05) is 5.75 Å². The van der Waals surface area contributed by atoms with E-state index in [1.54, 1.807) is 28.8 Å². The van der Waals surface area contributed by atoms with Gasteiger partial charge in [-0.3, -0.25) is 14.2 Å². The lowest BCUT2D eigenvalue weighted by Crippen LogP contribution is -2.28. The SMILES string of the molecule is Cc1c(Cl)cccc1-n1c(SCC(=O)NC2CC2)nc2ccccc2c1=O. The molecular weight excluding hydrogens is 382 g/mol. The Morgan fingerprint density at radius 2 is 2.04 bits per heavy atom. The number of nitrogens with zero attached hydrogens (tertiary/aromatic N) is 2. The summed E-state index contributed by atoms with van der Waals surface area (Å²) in [6.07, 6.45) is 2.08. The van der Waals surface area contributed by atoms with Crippen LogP contribution in [-0.2, 0) is 4.79 Å². The Morgan fingerprint density at radius 3 is 2.81 bits per heavy atom. The number of halogens is 1. The van der Waals surface area contributed by atoms with Gasteiger partial charge in [0.2, 0.25) is 5.91 Å². The molecule has 1 saturated carbocycles. The van der Waals surface area contributed by atoms with E-state index in [0.717, 1.165) is 18.4 Å². The number of amides is 1. The van der Waals surface area contributed by atoms with Gasteiger partial charge in [0.05, 0.1) is 22.3 Å². The van der Waals surface area contributed by atoms with Crippen LogP contribution in [0.4, 0.5) is 0 Å². The van der Waals surface area contributed by atoms with Crippen LogP contribution in [-0.4, -0.2) is 27.3 Å². The molecule has 5 nitrogen and oxygen atoms in total. The van der Waals surface area contributed by atoms with Crippen LogP contribution < -0.4 is 10.9 Å². The molecule has 1 fully saturated rings. The highest BCUT2D eigenvalue weighted by atomic mass is 35.5. The monoisotopic (exact) mass is 399 g/mol. The van der Waals surface area contributed by atoms with Crippen molar-refractivity contribution in [3.8, 4) is 5.69 Å². The minimum absolute atomic E-state index is 0.0423. The fourth-order valence-electron chi connectivity index (χ4n) is 2.89. The van der Waals surface area contributed by atoms with E-state index in [0.29, 0.717) is 32.8 Å². The Bertz CT molecular complexity index is 1090. The molecule has 0 spiro atoms. The highest BCUT2D eigenvalue weighted by Crippen LogP contribution is 2.27. The highest BCUT2D eigenvalue weighted by Gasteiger charge is 2.24. The van der Waals surface area contributed by atoms with Gasteiger partial charge in [-0.25, -0.2) is 4.98 Å². The van der Waals surface area contributed by atoms with Gasteiger partial charge in [0, 0.05) is 11.1 Å². The number of thioether (sulfide) groups is 1.